The van der Waals surface area contributed by atoms with Gasteiger partial charge in [0.2, 0.25) is 10.0 Å². The number of anilines is 2. The molecule has 0 aliphatic rings. The summed E-state index contributed by atoms with van der Waals surface area (Å²) in [6.07, 6.45) is 0. The number of nitrogens with two attached hydrogens (primary N) is 1. The number of ether oxygens (including phenoxy) is 1. The summed E-state index contributed by atoms with van der Waals surface area (Å²) in [5.41, 5.74) is 5.47. The number of esters is 1. The normalized spacial score (nSPS) is 11.2. The molecule has 1 aromatic carbocycles. The zero-order chi connectivity index (χ0) is 16.0. The van der Waals surface area contributed by atoms with E-state index in [1.54, 1.807) is 6.92 Å². The molecule has 9 heteroatoms. The summed E-state index contributed by atoms with van der Waals surface area (Å²) >= 11 is 0. The minimum atomic E-state index is -3.41. The molecule has 118 valence electrons. The van der Waals surface area contributed by atoms with E-state index in [1.807, 2.05) is 0 Å². The number of hydrogen-bond donors (Lipinski definition) is 3. The first kappa shape index (κ1) is 17.2. The zero-order valence-corrected chi connectivity index (χ0v) is 12.6. The molecule has 0 fully saturated rings. The van der Waals surface area contributed by atoms with Crippen LogP contribution in [-0.2, 0) is 14.8 Å². The van der Waals surface area contributed by atoms with Crippen LogP contribution in [0.15, 0.2) is 12.1 Å². The standard InChI is InChI=1S/C12H18FN3O4S/c1-3-16-21(18,19)5-4-15-11-6-8(12(17)20-2)10(14)7-9(11)13/h6-7,15-16H,3-5,14H2,1-2H3. The molecule has 0 heterocycles. The van der Waals surface area contributed by atoms with Crippen molar-refractivity contribution in [3.8, 4) is 0 Å². The Labute approximate surface area is 122 Å². The number of hydrogen-bond acceptors (Lipinski definition) is 6. The van der Waals surface area contributed by atoms with Crippen LogP contribution in [0.4, 0.5) is 15.8 Å². The van der Waals surface area contributed by atoms with Crippen molar-refractivity contribution >= 4 is 27.4 Å². The van der Waals surface area contributed by atoms with Gasteiger partial charge in [-0.15, -0.1) is 0 Å². The molecule has 0 amide bonds. The van der Waals surface area contributed by atoms with Crippen LogP contribution in [0.3, 0.4) is 0 Å². The molecule has 0 unspecified atom stereocenters. The van der Waals surface area contributed by atoms with Crippen LogP contribution in [0.2, 0.25) is 0 Å². The van der Waals surface area contributed by atoms with Crippen LogP contribution in [0.25, 0.3) is 0 Å². The lowest BCUT2D eigenvalue weighted by molar-refractivity contribution is 0.0602. The molecule has 0 radical (unpaired) electrons. The molecular formula is C12H18FN3O4S. The molecule has 0 saturated carbocycles. The average Bonchev–Trinajstić information content (AvgIpc) is 2.40. The van der Waals surface area contributed by atoms with Gasteiger partial charge < -0.3 is 15.8 Å². The molecule has 0 aliphatic carbocycles. The average molecular weight is 319 g/mol. The lowest BCUT2D eigenvalue weighted by Gasteiger charge is -2.11. The maximum Gasteiger partial charge on any atom is 0.340 e. The number of nitrogens with one attached hydrogen (secondary N) is 2. The van der Waals surface area contributed by atoms with E-state index >= 15 is 0 Å². The van der Waals surface area contributed by atoms with Crippen LogP contribution in [0.5, 0.6) is 0 Å². The molecule has 7 nitrogen and oxygen atoms in total. The number of methoxy groups -OCH3 is 1. The molecule has 4 N–H and O–H groups in total. The van der Waals surface area contributed by atoms with E-state index in [-0.39, 0.29) is 35.8 Å². The first-order valence-electron chi connectivity index (χ1n) is 6.19. The van der Waals surface area contributed by atoms with E-state index in [2.05, 4.69) is 14.8 Å². The summed E-state index contributed by atoms with van der Waals surface area (Å²) in [5.74, 6) is -1.60. The Balaban J connectivity index is 2.82. The third-order valence-corrected chi connectivity index (χ3v) is 4.07. The summed E-state index contributed by atoms with van der Waals surface area (Å²) in [4.78, 5) is 11.5. The van der Waals surface area contributed by atoms with Crippen LogP contribution >= 0.6 is 0 Å². The Hall–Kier alpha value is -1.87. The van der Waals surface area contributed by atoms with E-state index in [9.17, 15) is 17.6 Å². The second-order valence-electron chi connectivity index (χ2n) is 4.15. The van der Waals surface area contributed by atoms with Gasteiger partial charge in [0.05, 0.1) is 24.1 Å². The second-order valence-corrected chi connectivity index (χ2v) is 6.08. The van der Waals surface area contributed by atoms with E-state index in [0.717, 1.165) is 6.07 Å². The SMILES string of the molecule is CCNS(=O)(=O)CCNc1cc(C(=O)OC)c(N)cc1F. The Morgan fingerprint density at radius 3 is 2.67 bits per heavy atom. The third kappa shape index (κ3) is 4.87. The highest BCUT2D eigenvalue weighted by molar-refractivity contribution is 7.89. The molecule has 21 heavy (non-hydrogen) atoms. The second kappa shape index (κ2) is 7.23. The van der Waals surface area contributed by atoms with Gasteiger partial charge in [0.15, 0.2) is 0 Å². The van der Waals surface area contributed by atoms with E-state index < -0.39 is 21.8 Å². The minimum absolute atomic E-state index is 0.0101. The highest BCUT2D eigenvalue weighted by atomic mass is 32.2. The summed E-state index contributed by atoms with van der Waals surface area (Å²) in [6, 6.07) is 2.17. The largest absolute Gasteiger partial charge is 0.465 e. The Morgan fingerprint density at radius 1 is 1.43 bits per heavy atom. The molecule has 0 spiro atoms. The summed E-state index contributed by atoms with van der Waals surface area (Å²) in [6.45, 7) is 1.93. The summed E-state index contributed by atoms with van der Waals surface area (Å²) < 4.78 is 43.4. The van der Waals surface area contributed by atoms with Gasteiger partial charge in [0.1, 0.15) is 5.82 Å². The van der Waals surface area contributed by atoms with Gasteiger partial charge in [-0.2, -0.15) is 0 Å². The van der Waals surface area contributed by atoms with Gasteiger partial charge in [0.25, 0.3) is 0 Å². The Bertz CT molecular complexity index is 619. The Kier molecular flexibility index (Phi) is 5.91. The predicted molar refractivity (Wildman–Crippen MR) is 78.1 cm³/mol. The molecule has 0 aliphatic heterocycles. The quantitative estimate of drug-likeness (QED) is 0.500. The van der Waals surface area contributed by atoms with Crippen LogP contribution in [0.1, 0.15) is 17.3 Å². The summed E-state index contributed by atoms with van der Waals surface area (Å²) in [5, 5.41) is 2.62. The van der Waals surface area contributed by atoms with Gasteiger partial charge in [-0.3, -0.25) is 0 Å². The highest BCUT2D eigenvalue weighted by Gasteiger charge is 2.15. The van der Waals surface area contributed by atoms with E-state index in [1.165, 1.54) is 13.2 Å². The van der Waals surface area contributed by atoms with Gasteiger partial charge in [-0.05, 0) is 12.1 Å². The molecule has 1 aromatic rings. The monoisotopic (exact) mass is 319 g/mol. The lowest BCUT2D eigenvalue weighted by Crippen LogP contribution is -2.29. The van der Waals surface area contributed by atoms with Crippen LogP contribution < -0.4 is 15.8 Å². The van der Waals surface area contributed by atoms with Crippen LogP contribution in [0, 0.1) is 5.82 Å². The number of halogens is 1. The first-order valence-corrected chi connectivity index (χ1v) is 7.84. The number of carbonyl (C=O) groups excluding carboxylic acids is 1. The van der Waals surface area contributed by atoms with E-state index in [0.29, 0.717) is 0 Å². The predicted octanol–water partition coefficient (Wildman–Crippen LogP) is 0.546. The number of sulfonamides is 1. The van der Waals surface area contributed by atoms with Crippen molar-refractivity contribution in [2.24, 2.45) is 0 Å². The number of benzene rings is 1. The summed E-state index contributed by atoms with van der Waals surface area (Å²) in [7, 11) is -2.22. The first-order chi connectivity index (χ1) is 9.80. The number of rotatable bonds is 7. The fourth-order valence-electron chi connectivity index (χ4n) is 1.62. The number of nitrogen functional groups attached to an aromatic ring is 1. The van der Waals surface area contributed by atoms with Gasteiger partial charge in [0, 0.05) is 18.8 Å². The number of carbonyl (C=O) groups is 1. The molecule has 0 saturated heterocycles. The molecule has 1 rings (SSSR count). The maximum absolute atomic E-state index is 13.7. The smallest absolute Gasteiger partial charge is 0.340 e. The minimum Gasteiger partial charge on any atom is -0.465 e. The van der Waals surface area contributed by atoms with Crippen molar-refractivity contribution in [3.63, 3.8) is 0 Å². The van der Waals surface area contributed by atoms with Crippen molar-refractivity contribution in [1.29, 1.82) is 0 Å². The fraction of sp³-hybridized carbons (Fsp3) is 0.417. The Morgan fingerprint density at radius 2 is 2.10 bits per heavy atom. The van der Waals surface area contributed by atoms with Crippen molar-refractivity contribution in [2.45, 2.75) is 6.92 Å². The van der Waals surface area contributed by atoms with Crippen molar-refractivity contribution in [2.75, 3.05) is 37.0 Å². The van der Waals surface area contributed by atoms with Gasteiger partial charge in [-0.1, -0.05) is 6.92 Å². The zero-order valence-electron chi connectivity index (χ0n) is 11.8. The topological polar surface area (TPSA) is 111 Å². The van der Waals surface area contributed by atoms with Gasteiger partial charge in [-0.25, -0.2) is 22.3 Å². The fourth-order valence-corrected chi connectivity index (χ4v) is 2.58. The third-order valence-electron chi connectivity index (χ3n) is 2.60. The van der Waals surface area contributed by atoms with E-state index in [4.69, 9.17) is 5.73 Å². The van der Waals surface area contributed by atoms with Crippen molar-refractivity contribution < 1.29 is 22.3 Å². The molecular weight excluding hydrogens is 301 g/mol. The van der Waals surface area contributed by atoms with Crippen molar-refractivity contribution in [3.05, 3.63) is 23.5 Å². The van der Waals surface area contributed by atoms with Gasteiger partial charge >= 0.3 is 5.97 Å². The van der Waals surface area contributed by atoms with Crippen molar-refractivity contribution in [1.82, 2.24) is 4.72 Å². The highest BCUT2D eigenvalue weighted by Crippen LogP contribution is 2.22. The molecule has 0 aromatic heterocycles. The maximum atomic E-state index is 13.7. The molecule has 0 bridgehead atoms. The lowest BCUT2D eigenvalue weighted by atomic mass is 10.1. The molecule has 0 atom stereocenters. The van der Waals surface area contributed by atoms with Crippen LogP contribution in [-0.4, -0.2) is 40.3 Å².